The number of thiophene rings is 1. The van der Waals surface area contributed by atoms with Crippen LogP contribution in [0.5, 0.6) is 0 Å². The monoisotopic (exact) mass is 747 g/mol. The number of benzene rings is 8. The molecule has 0 saturated carbocycles. The molecule has 266 valence electrons. The van der Waals surface area contributed by atoms with Gasteiger partial charge in [0.2, 0.25) is 0 Å². The molecule has 0 bridgehead atoms. The van der Waals surface area contributed by atoms with Crippen molar-refractivity contribution in [1.29, 1.82) is 0 Å². The number of hydrogen-bond donors (Lipinski definition) is 0. The Labute approximate surface area is 330 Å². The van der Waals surface area contributed by atoms with Gasteiger partial charge < -0.3 is 8.83 Å². The summed E-state index contributed by atoms with van der Waals surface area (Å²) in [6.45, 7) is 0. The molecule has 0 aliphatic heterocycles. The number of para-hydroxylation sites is 1. The first-order valence-electron chi connectivity index (χ1n) is 18.9. The lowest BCUT2D eigenvalue weighted by Gasteiger charge is -2.13. The van der Waals surface area contributed by atoms with Gasteiger partial charge >= 0.3 is 0 Å². The second kappa shape index (κ2) is 12.6. The highest BCUT2D eigenvalue weighted by molar-refractivity contribution is 7.25. The zero-order chi connectivity index (χ0) is 37.5. The predicted octanol–water partition coefficient (Wildman–Crippen LogP) is 14.4. The zero-order valence-corrected chi connectivity index (χ0v) is 31.1. The van der Waals surface area contributed by atoms with Gasteiger partial charge in [0, 0.05) is 58.4 Å². The highest BCUT2D eigenvalue weighted by atomic mass is 32.1. The second-order valence-electron chi connectivity index (χ2n) is 14.3. The Morgan fingerprint density at radius 2 is 0.825 bits per heavy atom. The maximum absolute atomic E-state index is 6.66. The van der Waals surface area contributed by atoms with E-state index < -0.39 is 0 Å². The lowest BCUT2D eigenvalue weighted by Crippen LogP contribution is -2.00. The summed E-state index contributed by atoms with van der Waals surface area (Å²) < 4.78 is 15.5. The minimum absolute atomic E-state index is 0.563. The van der Waals surface area contributed by atoms with Crippen LogP contribution in [0, 0.1) is 0 Å². The maximum Gasteiger partial charge on any atom is 0.164 e. The zero-order valence-electron chi connectivity index (χ0n) is 30.3. The number of aromatic nitrogens is 3. The highest BCUT2D eigenvalue weighted by Crippen LogP contribution is 2.45. The van der Waals surface area contributed by atoms with Gasteiger partial charge in [-0.3, -0.25) is 0 Å². The Morgan fingerprint density at radius 3 is 1.60 bits per heavy atom. The van der Waals surface area contributed by atoms with Crippen LogP contribution in [0.3, 0.4) is 0 Å². The lowest BCUT2D eigenvalue weighted by atomic mass is 9.90. The van der Waals surface area contributed by atoms with Crippen LogP contribution in [0.15, 0.2) is 185 Å². The van der Waals surface area contributed by atoms with Crippen LogP contribution >= 0.6 is 11.3 Å². The van der Waals surface area contributed by atoms with Crippen LogP contribution in [0.4, 0.5) is 0 Å². The Hall–Kier alpha value is -7.41. The molecule has 0 radical (unpaired) electrons. The summed E-state index contributed by atoms with van der Waals surface area (Å²) in [6, 6.07) is 61.0. The molecule has 4 heterocycles. The van der Waals surface area contributed by atoms with E-state index in [1.54, 1.807) is 0 Å². The van der Waals surface area contributed by atoms with Crippen molar-refractivity contribution < 1.29 is 8.83 Å². The van der Waals surface area contributed by atoms with E-state index in [0.29, 0.717) is 17.5 Å². The molecular weight excluding hydrogens is 719 g/mol. The van der Waals surface area contributed by atoms with Gasteiger partial charge in [0.05, 0.1) is 0 Å². The maximum atomic E-state index is 6.66. The first-order chi connectivity index (χ1) is 28.2. The van der Waals surface area contributed by atoms with Crippen molar-refractivity contribution in [3.63, 3.8) is 0 Å². The summed E-state index contributed by atoms with van der Waals surface area (Å²) in [7, 11) is 0. The van der Waals surface area contributed by atoms with Gasteiger partial charge in [-0.25, -0.2) is 15.0 Å². The average molecular weight is 748 g/mol. The van der Waals surface area contributed by atoms with Crippen LogP contribution in [-0.2, 0) is 0 Å². The van der Waals surface area contributed by atoms with Gasteiger partial charge in [-0.15, -0.1) is 11.3 Å². The van der Waals surface area contributed by atoms with Crippen molar-refractivity contribution in [1.82, 2.24) is 15.0 Å². The fourth-order valence-electron chi connectivity index (χ4n) is 8.36. The van der Waals surface area contributed by atoms with Crippen LogP contribution < -0.4 is 0 Å². The molecule has 0 aliphatic rings. The Morgan fingerprint density at radius 1 is 0.316 bits per heavy atom. The molecule has 12 aromatic rings. The second-order valence-corrected chi connectivity index (χ2v) is 15.4. The predicted molar refractivity (Wildman–Crippen MR) is 234 cm³/mol. The van der Waals surface area contributed by atoms with E-state index in [1.807, 2.05) is 65.9 Å². The average Bonchev–Trinajstić information content (AvgIpc) is 3.97. The molecule has 0 saturated heterocycles. The molecular formula is C51H29N3O2S. The van der Waals surface area contributed by atoms with E-state index in [0.717, 1.165) is 71.7 Å². The number of furan rings is 2. The molecule has 57 heavy (non-hydrogen) atoms. The summed E-state index contributed by atoms with van der Waals surface area (Å²) in [5.41, 5.74) is 10.5. The molecule has 0 amide bonds. The minimum atomic E-state index is 0.563. The van der Waals surface area contributed by atoms with E-state index in [1.165, 1.54) is 31.3 Å². The van der Waals surface area contributed by atoms with Crippen molar-refractivity contribution in [2.24, 2.45) is 0 Å². The van der Waals surface area contributed by atoms with Crippen molar-refractivity contribution in [3.05, 3.63) is 176 Å². The minimum Gasteiger partial charge on any atom is -0.456 e. The normalized spacial score (nSPS) is 11.9. The van der Waals surface area contributed by atoms with Gasteiger partial charge in [0.25, 0.3) is 0 Å². The van der Waals surface area contributed by atoms with Gasteiger partial charge in [0.1, 0.15) is 22.3 Å². The van der Waals surface area contributed by atoms with Crippen LogP contribution in [0.25, 0.3) is 120 Å². The molecule has 0 spiro atoms. The van der Waals surface area contributed by atoms with Crippen LogP contribution in [0.1, 0.15) is 0 Å². The summed E-state index contributed by atoms with van der Waals surface area (Å²) >= 11 is 1.84. The molecule has 0 unspecified atom stereocenters. The van der Waals surface area contributed by atoms with Crippen molar-refractivity contribution >= 4 is 75.4 Å². The lowest BCUT2D eigenvalue weighted by molar-refractivity contribution is 0.668. The smallest absolute Gasteiger partial charge is 0.164 e. The van der Waals surface area contributed by atoms with Crippen molar-refractivity contribution in [2.75, 3.05) is 0 Å². The van der Waals surface area contributed by atoms with Crippen molar-refractivity contribution in [2.45, 2.75) is 0 Å². The highest BCUT2D eigenvalue weighted by Gasteiger charge is 2.20. The van der Waals surface area contributed by atoms with E-state index >= 15 is 0 Å². The van der Waals surface area contributed by atoms with Gasteiger partial charge in [-0.1, -0.05) is 127 Å². The largest absolute Gasteiger partial charge is 0.456 e. The third-order valence-electron chi connectivity index (χ3n) is 11.0. The topological polar surface area (TPSA) is 65.0 Å². The summed E-state index contributed by atoms with van der Waals surface area (Å²) in [4.78, 5) is 15.1. The Kier molecular flexibility index (Phi) is 7.03. The summed E-state index contributed by atoms with van der Waals surface area (Å²) in [6.07, 6.45) is 0. The number of hydrogen-bond acceptors (Lipinski definition) is 6. The van der Waals surface area contributed by atoms with E-state index in [2.05, 4.69) is 121 Å². The van der Waals surface area contributed by atoms with Crippen LogP contribution in [-0.4, -0.2) is 15.0 Å². The molecule has 0 N–H and O–H groups in total. The molecule has 8 aromatic carbocycles. The SMILES string of the molecule is c1ccc(-c2nc(-c3ccc4c(c3)oc3ccccc34)nc(-c3ccc4c(c3)oc3cccc(-c5ccccc5-c5cccc6sc7ccccc7c56)c34)n2)cc1. The first-order valence-corrected chi connectivity index (χ1v) is 19.7. The number of fused-ring (bicyclic) bond motifs is 9. The van der Waals surface area contributed by atoms with Gasteiger partial charge in [0.15, 0.2) is 17.5 Å². The van der Waals surface area contributed by atoms with Crippen molar-refractivity contribution in [3.8, 4) is 56.4 Å². The fraction of sp³-hybridized carbons (Fsp3) is 0. The summed E-state index contributed by atoms with van der Waals surface area (Å²) in [5.74, 6) is 1.73. The molecule has 6 heteroatoms. The Balaban J connectivity index is 1.01. The van der Waals surface area contributed by atoms with Gasteiger partial charge in [-0.2, -0.15) is 0 Å². The number of nitrogens with zero attached hydrogens (tertiary/aromatic N) is 3. The molecule has 4 aromatic heterocycles. The third-order valence-corrected chi connectivity index (χ3v) is 12.1. The molecule has 0 fully saturated rings. The van der Waals surface area contributed by atoms with E-state index in [-0.39, 0.29) is 0 Å². The standard InChI is InChI=1S/C51H29N3O2S/c1-2-12-30(13-3-1)49-52-50(31-24-26-36-35-16-6-8-20-41(35)55-43(36)28-31)54-51(53-49)32-25-27-39-44(29-32)56-42-21-10-18-37(47(39)42)33-14-4-5-15-34(33)38-19-11-23-46-48(38)40-17-7-9-22-45(40)57-46/h1-29H. The van der Waals surface area contributed by atoms with E-state index in [4.69, 9.17) is 23.8 Å². The number of rotatable bonds is 5. The molecule has 0 aliphatic carbocycles. The Bertz CT molecular complexity index is 3540. The first kappa shape index (κ1) is 31.9. The summed E-state index contributed by atoms with van der Waals surface area (Å²) in [5, 5.41) is 6.83. The molecule has 12 rings (SSSR count). The molecule has 5 nitrogen and oxygen atoms in total. The van der Waals surface area contributed by atoms with Crippen LogP contribution in [0.2, 0.25) is 0 Å². The third kappa shape index (κ3) is 5.12. The quantitative estimate of drug-likeness (QED) is 0.175. The van der Waals surface area contributed by atoms with Gasteiger partial charge in [-0.05, 0) is 70.8 Å². The fourth-order valence-corrected chi connectivity index (χ4v) is 9.49. The van der Waals surface area contributed by atoms with E-state index in [9.17, 15) is 0 Å². The molecule has 0 atom stereocenters.